The van der Waals surface area contributed by atoms with Gasteiger partial charge in [0.05, 0.1) is 6.10 Å². The van der Waals surface area contributed by atoms with E-state index in [0.717, 1.165) is 44.9 Å². The van der Waals surface area contributed by atoms with Crippen LogP contribution in [0, 0.1) is 24.2 Å². The number of terminal acetylenes is 1. The van der Waals surface area contributed by atoms with E-state index in [-0.39, 0.29) is 0 Å². The van der Waals surface area contributed by atoms with E-state index in [9.17, 15) is 5.11 Å². The molecule has 0 aliphatic heterocycles. The van der Waals surface area contributed by atoms with Gasteiger partial charge in [0.2, 0.25) is 0 Å². The molecule has 124 valence electrons. The summed E-state index contributed by atoms with van der Waals surface area (Å²) < 4.78 is 0. The Balaban J connectivity index is 3.55. The number of aliphatic hydroxyl groups excluding tert-OH is 2. The third kappa shape index (κ3) is 16.2. The summed E-state index contributed by atoms with van der Waals surface area (Å²) in [4.78, 5) is 0. The topological polar surface area (TPSA) is 40.5 Å². The molecule has 2 N–H and O–H groups in total. The van der Waals surface area contributed by atoms with E-state index in [1.807, 2.05) is 24.3 Å². The molecule has 0 bridgehead atoms. The predicted octanol–water partition coefficient (Wildman–Crippen LogP) is 3.93. The minimum atomic E-state index is -0.756. The number of aliphatic hydroxyl groups is 2. The van der Waals surface area contributed by atoms with Crippen LogP contribution < -0.4 is 0 Å². The molecular formula is C21H28O2. The molecule has 0 rings (SSSR count). The fraction of sp³-hybridized carbons (Fsp3) is 0.429. The summed E-state index contributed by atoms with van der Waals surface area (Å²) in [5, 5.41) is 18.4. The van der Waals surface area contributed by atoms with E-state index >= 15 is 0 Å². The molecule has 2 heteroatoms. The first kappa shape index (κ1) is 21.0. The number of hydrogen-bond acceptors (Lipinski definition) is 2. The highest BCUT2D eigenvalue weighted by Crippen LogP contribution is 2.02. The minimum Gasteiger partial charge on any atom is -0.389 e. The molecule has 0 aliphatic rings. The number of hydrogen-bond donors (Lipinski definition) is 2. The van der Waals surface area contributed by atoms with Gasteiger partial charge in [0, 0.05) is 6.42 Å². The van der Waals surface area contributed by atoms with Crippen molar-refractivity contribution < 1.29 is 10.2 Å². The molecule has 0 aromatic carbocycles. The van der Waals surface area contributed by atoms with Crippen LogP contribution in [0.5, 0.6) is 0 Å². The Kier molecular flexibility index (Phi) is 14.9. The Morgan fingerprint density at radius 1 is 1.04 bits per heavy atom. The van der Waals surface area contributed by atoms with Gasteiger partial charge in [-0.05, 0) is 50.7 Å². The normalized spacial score (nSPS) is 13.8. The molecule has 0 amide bonds. The van der Waals surface area contributed by atoms with E-state index in [4.69, 9.17) is 11.5 Å². The molecular weight excluding hydrogens is 284 g/mol. The van der Waals surface area contributed by atoms with Crippen LogP contribution in [0.25, 0.3) is 0 Å². The van der Waals surface area contributed by atoms with Crippen LogP contribution in [-0.2, 0) is 0 Å². The van der Waals surface area contributed by atoms with Crippen LogP contribution >= 0.6 is 0 Å². The summed E-state index contributed by atoms with van der Waals surface area (Å²) in [6, 6.07) is 0. The maximum absolute atomic E-state index is 9.27. The molecule has 0 aliphatic carbocycles. The summed E-state index contributed by atoms with van der Waals surface area (Å²) >= 11 is 0. The molecule has 2 nitrogen and oxygen atoms in total. The maximum Gasteiger partial charge on any atom is 0.133 e. The van der Waals surface area contributed by atoms with Crippen LogP contribution in [0.4, 0.5) is 0 Å². The molecule has 0 saturated heterocycles. The van der Waals surface area contributed by atoms with Gasteiger partial charge in [-0.1, -0.05) is 48.1 Å². The van der Waals surface area contributed by atoms with Gasteiger partial charge in [-0.15, -0.1) is 13.0 Å². The van der Waals surface area contributed by atoms with Crippen LogP contribution in [0.15, 0.2) is 49.1 Å². The van der Waals surface area contributed by atoms with Crippen LogP contribution in [0.1, 0.15) is 44.9 Å². The van der Waals surface area contributed by atoms with Crippen molar-refractivity contribution in [3.05, 3.63) is 49.1 Å². The van der Waals surface area contributed by atoms with Crippen molar-refractivity contribution >= 4 is 0 Å². The zero-order valence-corrected chi connectivity index (χ0v) is 13.8. The van der Waals surface area contributed by atoms with Crippen molar-refractivity contribution in [3.63, 3.8) is 0 Å². The first-order chi connectivity index (χ1) is 11.2. The van der Waals surface area contributed by atoms with Crippen LogP contribution in [-0.4, -0.2) is 22.4 Å². The minimum absolute atomic E-state index is 0.409. The number of allylic oxidation sites excluding steroid dienone is 5. The fourth-order valence-electron chi connectivity index (χ4n) is 1.73. The summed E-state index contributed by atoms with van der Waals surface area (Å²) in [7, 11) is 0. The van der Waals surface area contributed by atoms with Gasteiger partial charge in [0.25, 0.3) is 0 Å². The van der Waals surface area contributed by atoms with Crippen LogP contribution in [0.2, 0.25) is 0 Å². The van der Waals surface area contributed by atoms with Crippen molar-refractivity contribution in [1.29, 1.82) is 0 Å². The van der Waals surface area contributed by atoms with Crippen molar-refractivity contribution in [3.8, 4) is 24.2 Å². The number of rotatable bonds is 11. The molecule has 2 unspecified atom stereocenters. The standard InChI is InChI=1S/C21H28O2/c1-3-20(22)18-16-14-12-10-8-6-5-7-9-11-13-15-17-19-21(23)4-2/h1,4-7,9,16,18,20-23H,2,8,10,12,14-15,17,19H2/b6-5-,9-7-,18-16+. The first-order valence-corrected chi connectivity index (χ1v) is 8.12. The molecule has 0 aromatic rings. The Morgan fingerprint density at radius 3 is 2.48 bits per heavy atom. The second-order valence-corrected chi connectivity index (χ2v) is 5.13. The summed E-state index contributed by atoms with van der Waals surface area (Å²) in [6.07, 6.45) is 23.5. The second-order valence-electron chi connectivity index (χ2n) is 5.13. The summed E-state index contributed by atoms with van der Waals surface area (Å²) in [5.41, 5.74) is 0. The molecule has 0 saturated carbocycles. The van der Waals surface area contributed by atoms with Gasteiger partial charge >= 0.3 is 0 Å². The van der Waals surface area contributed by atoms with Gasteiger partial charge in [0.1, 0.15) is 6.10 Å². The van der Waals surface area contributed by atoms with E-state index in [2.05, 4.69) is 30.4 Å². The lowest BCUT2D eigenvalue weighted by Crippen LogP contribution is -1.99. The summed E-state index contributed by atoms with van der Waals surface area (Å²) in [6.45, 7) is 3.53. The average Bonchev–Trinajstić information content (AvgIpc) is 2.57. The highest BCUT2D eigenvalue weighted by molar-refractivity contribution is 5.19. The average molecular weight is 312 g/mol. The zero-order valence-electron chi connectivity index (χ0n) is 13.8. The van der Waals surface area contributed by atoms with Gasteiger partial charge in [0.15, 0.2) is 0 Å². The molecule has 0 radical (unpaired) electrons. The van der Waals surface area contributed by atoms with E-state index in [1.165, 1.54) is 0 Å². The highest BCUT2D eigenvalue weighted by Gasteiger charge is 1.94. The van der Waals surface area contributed by atoms with E-state index in [1.54, 1.807) is 12.2 Å². The Morgan fingerprint density at radius 2 is 1.78 bits per heavy atom. The Bertz CT molecular complexity index is 480. The maximum atomic E-state index is 9.27. The SMILES string of the molecule is C#CC(O)/C=C/CCCC/C=C\C=C/C#CCCCC(O)C=C. The van der Waals surface area contributed by atoms with Crippen molar-refractivity contribution in [2.45, 2.75) is 57.2 Å². The highest BCUT2D eigenvalue weighted by atomic mass is 16.3. The molecule has 2 atom stereocenters. The van der Waals surface area contributed by atoms with Crippen molar-refractivity contribution in [1.82, 2.24) is 0 Å². The fourth-order valence-corrected chi connectivity index (χ4v) is 1.73. The van der Waals surface area contributed by atoms with E-state index < -0.39 is 12.2 Å². The molecule has 0 spiro atoms. The van der Waals surface area contributed by atoms with Gasteiger partial charge in [-0.3, -0.25) is 0 Å². The quantitative estimate of drug-likeness (QED) is 0.263. The smallest absolute Gasteiger partial charge is 0.133 e. The summed E-state index contributed by atoms with van der Waals surface area (Å²) in [5.74, 6) is 8.26. The third-order valence-corrected chi connectivity index (χ3v) is 3.08. The molecule has 0 heterocycles. The van der Waals surface area contributed by atoms with Crippen LogP contribution in [0.3, 0.4) is 0 Å². The zero-order chi connectivity index (χ0) is 17.2. The van der Waals surface area contributed by atoms with Crippen molar-refractivity contribution in [2.75, 3.05) is 0 Å². The molecule has 0 fully saturated rings. The molecule has 0 aromatic heterocycles. The third-order valence-electron chi connectivity index (χ3n) is 3.08. The lowest BCUT2D eigenvalue weighted by molar-refractivity contribution is 0.210. The first-order valence-electron chi connectivity index (χ1n) is 8.12. The van der Waals surface area contributed by atoms with E-state index in [0.29, 0.717) is 0 Å². The predicted molar refractivity (Wildman–Crippen MR) is 98.6 cm³/mol. The lowest BCUT2D eigenvalue weighted by atomic mass is 10.1. The monoisotopic (exact) mass is 312 g/mol. The lowest BCUT2D eigenvalue weighted by Gasteiger charge is -2.00. The second kappa shape index (κ2) is 16.4. The van der Waals surface area contributed by atoms with Gasteiger partial charge in [-0.2, -0.15) is 0 Å². The van der Waals surface area contributed by atoms with Gasteiger partial charge < -0.3 is 10.2 Å². The van der Waals surface area contributed by atoms with Crippen molar-refractivity contribution in [2.24, 2.45) is 0 Å². The Hall–Kier alpha value is -2.00. The molecule has 23 heavy (non-hydrogen) atoms. The van der Waals surface area contributed by atoms with Gasteiger partial charge in [-0.25, -0.2) is 0 Å². The Labute approximate surface area is 141 Å². The number of unbranched alkanes of at least 4 members (excludes halogenated alkanes) is 4. The largest absolute Gasteiger partial charge is 0.389 e.